The van der Waals surface area contributed by atoms with Crippen molar-refractivity contribution in [1.29, 1.82) is 0 Å². The van der Waals surface area contributed by atoms with E-state index in [0.717, 1.165) is 43.5 Å². The third kappa shape index (κ3) is 3.66. The van der Waals surface area contributed by atoms with Gasteiger partial charge in [-0.05, 0) is 31.7 Å². The van der Waals surface area contributed by atoms with Gasteiger partial charge in [-0.1, -0.05) is 6.07 Å². The highest BCUT2D eigenvalue weighted by atomic mass is 32.2. The summed E-state index contributed by atoms with van der Waals surface area (Å²) in [4.78, 5) is 59.0. The molecule has 0 radical (unpaired) electrons. The minimum absolute atomic E-state index is 0.00378. The molecule has 2 saturated carbocycles. The summed E-state index contributed by atoms with van der Waals surface area (Å²) < 4.78 is 1.53. The number of carbonyl (C=O) groups excluding carboxylic acids is 1. The Balaban J connectivity index is 1.60. The highest BCUT2D eigenvalue weighted by molar-refractivity contribution is 7.98. The summed E-state index contributed by atoms with van der Waals surface area (Å²) in [6.07, 6.45) is 3.55. The van der Waals surface area contributed by atoms with E-state index < -0.39 is 22.1 Å². The zero-order chi connectivity index (χ0) is 22.6. The van der Waals surface area contributed by atoms with Gasteiger partial charge < -0.3 is 5.73 Å². The number of rotatable bonds is 7. The van der Waals surface area contributed by atoms with Gasteiger partial charge >= 0.3 is 5.69 Å². The van der Waals surface area contributed by atoms with Gasteiger partial charge in [-0.2, -0.15) is 0 Å². The van der Waals surface area contributed by atoms with Gasteiger partial charge in [-0.15, -0.1) is 11.8 Å². The third-order valence-electron chi connectivity index (χ3n) is 5.55. The summed E-state index contributed by atoms with van der Waals surface area (Å²) in [7, 11) is 0. The molecule has 3 N–H and O–H groups in total. The van der Waals surface area contributed by atoms with E-state index in [2.05, 4.69) is 15.0 Å². The summed E-state index contributed by atoms with van der Waals surface area (Å²) in [6.45, 7) is 0. The lowest BCUT2D eigenvalue weighted by Crippen LogP contribution is -2.31. The van der Waals surface area contributed by atoms with Gasteiger partial charge in [0.25, 0.3) is 11.2 Å². The van der Waals surface area contributed by atoms with E-state index in [0.29, 0.717) is 22.1 Å². The fourth-order valence-electron chi connectivity index (χ4n) is 3.59. The molecule has 3 aromatic rings. The maximum absolute atomic E-state index is 12.7. The Bertz CT molecular complexity index is 1410. The number of primary amides is 1. The molecule has 0 atom stereocenters. The SMILES string of the molecule is NC(=O)c1ccc(CSc2nc(C3CC3)nc3c2c(=O)[nH]c(=O)n3C2CC2)c([N+](=O)[O-])c1. The number of aromatic amines is 1. The summed E-state index contributed by atoms with van der Waals surface area (Å²) in [5, 5.41) is 12.1. The highest BCUT2D eigenvalue weighted by Crippen LogP contribution is 2.41. The van der Waals surface area contributed by atoms with Crippen molar-refractivity contribution in [3.05, 3.63) is 66.1 Å². The van der Waals surface area contributed by atoms with Gasteiger partial charge in [-0.3, -0.25) is 29.3 Å². The molecule has 12 heteroatoms. The lowest BCUT2D eigenvalue weighted by atomic mass is 10.1. The number of benzene rings is 1. The predicted molar refractivity (Wildman–Crippen MR) is 116 cm³/mol. The van der Waals surface area contributed by atoms with Crippen molar-refractivity contribution >= 4 is 34.4 Å². The largest absolute Gasteiger partial charge is 0.366 e. The zero-order valence-corrected chi connectivity index (χ0v) is 17.6. The van der Waals surface area contributed by atoms with Crippen molar-refractivity contribution in [2.24, 2.45) is 5.73 Å². The molecule has 0 bridgehead atoms. The van der Waals surface area contributed by atoms with E-state index in [1.165, 1.54) is 16.7 Å². The average Bonchev–Trinajstić information content (AvgIpc) is 3.64. The second kappa shape index (κ2) is 7.55. The van der Waals surface area contributed by atoms with Crippen LogP contribution < -0.4 is 17.0 Å². The normalized spacial score (nSPS) is 15.8. The van der Waals surface area contributed by atoms with Crippen molar-refractivity contribution in [2.75, 3.05) is 0 Å². The monoisotopic (exact) mass is 454 g/mol. The maximum Gasteiger partial charge on any atom is 0.330 e. The van der Waals surface area contributed by atoms with E-state index in [1.54, 1.807) is 0 Å². The Kier molecular flexibility index (Phi) is 4.81. The van der Waals surface area contributed by atoms with Crippen molar-refractivity contribution in [2.45, 2.75) is 48.4 Å². The van der Waals surface area contributed by atoms with Crippen molar-refractivity contribution < 1.29 is 9.72 Å². The molecule has 2 heterocycles. The number of hydrogen-bond acceptors (Lipinski definition) is 8. The molecule has 2 aliphatic carbocycles. The molecular formula is C20H18N6O5S. The number of aromatic nitrogens is 4. The molecule has 0 saturated heterocycles. The standard InChI is InChI=1S/C20H18N6O5S/c21-15(27)10-3-4-11(13(7-10)26(30)31)8-32-19-14-17(22-16(23-19)9-1-2-9)25(12-5-6-12)20(29)24-18(14)28/h3-4,7,9,12H,1-2,5-6,8H2,(H2,21,27)(H,24,28,29). The number of hydrogen-bond donors (Lipinski definition) is 2. The smallest absolute Gasteiger partial charge is 0.330 e. The third-order valence-corrected chi connectivity index (χ3v) is 6.58. The number of fused-ring (bicyclic) bond motifs is 1. The molecule has 2 aliphatic rings. The van der Waals surface area contributed by atoms with Gasteiger partial charge in [0.1, 0.15) is 16.2 Å². The van der Waals surface area contributed by atoms with Crippen LogP contribution in [-0.4, -0.2) is 30.3 Å². The highest BCUT2D eigenvalue weighted by Gasteiger charge is 2.32. The van der Waals surface area contributed by atoms with E-state index in [4.69, 9.17) is 5.73 Å². The molecular weight excluding hydrogens is 436 g/mol. The molecule has 164 valence electrons. The summed E-state index contributed by atoms with van der Waals surface area (Å²) in [5.74, 6) is 0.142. The van der Waals surface area contributed by atoms with Crippen LogP contribution in [0.4, 0.5) is 5.69 Å². The van der Waals surface area contributed by atoms with Crippen molar-refractivity contribution in [1.82, 2.24) is 19.5 Å². The van der Waals surface area contributed by atoms with Gasteiger partial charge in [0, 0.05) is 34.9 Å². The van der Waals surface area contributed by atoms with Crippen LogP contribution in [0, 0.1) is 10.1 Å². The van der Waals surface area contributed by atoms with E-state index in [-0.39, 0.29) is 34.3 Å². The number of carbonyl (C=O) groups is 1. The molecule has 1 amide bonds. The summed E-state index contributed by atoms with van der Waals surface area (Å²) >= 11 is 1.16. The molecule has 2 fully saturated rings. The number of nitrogens with two attached hydrogens (primary N) is 1. The molecule has 0 aliphatic heterocycles. The van der Waals surface area contributed by atoms with Crippen LogP contribution in [0.1, 0.15) is 59.4 Å². The average molecular weight is 454 g/mol. The summed E-state index contributed by atoms with van der Waals surface area (Å²) in [6, 6.07) is 4.05. The fourth-order valence-corrected chi connectivity index (χ4v) is 4.61. The Morgan fingerprint density at radius 2 is 2.00 bits per heavy atom. The molecule has 0 spiro atoms. The molecule has 0 unspecified atom stereocenters. The zero-order valence-electron chi connectivity index (χ0n) is 16.7. The quantitative estimate of drug-likeness (QED) is 0.236. The van der Waals surface area contributed by atoms with E-state index >= 15 is 0 Å². The predicted octanol–water partition coefficient (Wildman–Crippen LogP) is 1.99. The Morgan fingerprint density at radius 3 is 2.62 bits per heavy atom. The summed E-state index contributed by atoms with van der Waals surface area (Å²) in [5.41, 5.74) is 4.65. The number of nitrogens with zero attached hydrogens (tertiary/aromatic N) is 4. The van der Waals surface area contributed by atoms with Crippen LogP contribution in [0.15, 0.2) is 32.8 Å². The van der Waals surface area contributed by atoms with E-state index in [9.17, 15) is 24.5 Å². The number of H-pyrrole nitrogens is 1. The van der Waals surface area contributed by atoms with Crippen LogP contribution >= 0.6 is 11.8 Å². The first-order valence-electron chi connectivity index (χ1n) is 10.1. The first-order chi connectivity index (χ1) is 15.3. The molecule has 1 aromatic carbocycles. The van der Waals surface area contributed by atoms with Crippen molar-refractivity contribution in [3.63, 3.8) is 0 Å². The first-order valence-corrected chi connectivity index (χ1v) is 11.1. The van der Waals surface area contributed by atoms with Crippen molar-refractivity contribution in [3.8, 4) is 0 Å². The van der Waals surface area contributed by atoms with Crippen LogP contribution in [-0.2, 0) is 5.75 Å². The minimum Gasteiger partial charge on any atom is -0.366 e. The number of nitro benzene ring substituents is 1. The van der Waals surface area contributed by atoms with Gasteiger partial charge in [0.2, 0.25) is 5.91 Å². The van der Waals surface area contributed by atoms with Crippen LogP contribution in [0.2, 0.25) is 0 Å². The fraction of sp³-hybridized carbons (Fsp3) is 0.350. The number of nitro groups is 1. The minimum atomic E-state index is -0.757. The van der Waals surface area contributed by atoms with Gasteiger partial charge in [-0.25, -0.2) is 14.8 Å². The Hall–Kier alpha value is -3.54. The molecule has 2 aromatic heterocycles. The topological polar surface area (TPSA) is 167 Å². The maximum atomic E-state index is 12.7. The van der Waals surface area contributed by atoms with Gasteiger partial charge in [0.15, 0.2) is 5.65 Å². The second-order valence-electron chi connectivity index (χ2n) is 7.97. The number of amides is 1. The lowest BCUT2D eigenvalue weighted by molar-refractivity contribution is -0.385. The molecule has 11 nitrogen and oxygen atoms in total. The molecule has 32 heavy (non-hydrogen) atoms. The Labute approximate surface area is 184 Å². The first kappa shape index (κ1) is 20.4. The van der Waals surface area contributed by atoms with Crippen LogP contribution in [0.25, 0.3) is 11.0 Å². The van der Waals surface area contributed by atoms with Crippen LogP contribution in [0.5, 0.6) is 0 Å². The lowest BCUT2D eigenvalue weighted by Gasteiger charge is -2.12. The molecule has 5 rings (SSSR count). The number of nitrogens with one attached hydrogen (secondary N) is 1. The van der Waals surface area contributed by atoms with E-state index in [1.807, 2.05) is 0 Å². The number of thioether (sulfide) groups is 1. The Morgan fingerprint density at radius 1 is 1.25 bits per heavy atom. The van der Waals surface area contributed by atoms with Gasteiger partial charge in [0.05, 0.1) is 4.92 Å². The second-order valence-corrected chi connectivity index (χ2v) is 8.94. The van der Waals surface area contributed by atoms with Crippen LogP contribution in [0.3, 0.4) is 0 Å².